The van der Waals surface area contributed by atoms with Gasteiger partial charge < -0.3 is 5.11 Å². The minimum absolute atomic E-state index is 0.162. The number of aromatic nitrogens is 3. The molecule has 0 aliphatic heterocycles. The largest absolute Gasteiger partial charge is 0.508 e. The number of nitrogens with zero attached hydrogens (tertiary/aromatic N) is 2. The summed E-state index contributed by atoms with van der Waals surface area (Å²) in [6, 6.07) is 11.6. The average molecular weight is 227 g/mol. The van der Waals surface area contributed by atoms with E-state index in [2.05, 4.69) is 10.1 Å². The van der Waals surface area contributed by atoms with Gasteiger partial charge in [-0.25, -0.2) is 4.98 Å². The molecular formula is C12H9N3O2. The second-order valence-corrected chi connectivity index (χ2v) is 3.68. The van der Waals surface area contributed by atoms with E-state index in [1.165, 1.54) is 10.6 Å². The third-order valence-electron chi connectivity index (χ3n) is 2.50. The molecule has 84 valence electrons. The van der Waals surface area contributed by atoms with Crippen molar-refractivity contribution in [3.63, 3.8) is 0 Å². The summed E-state index contributed by atoms with van der Waals surface area (Å²) in [6.45, 7) is 0. The quantitative estimate of drug-likeness (QED) is 0.660. The lowest BCUT2D eigenvalue weighted by Crippen LogP contribution is -2.11. The Morgan fingerprint density at radius 2 is 2.00 bits per heavy atom. The molecule has 2 aromatic heterocycles. The van der Waals surface area contributed by atoms with Crippen LogP contribution in [0.25, 0.3) is 17.0 Å². The van der Waals surface area contributed by atoms with E-state index in [1.807, 2.05) is 6.07 Å². The van der Waals surface area contributed by atoms with Crippen LogP contribution in [0.15, 0.2) is 47.3 Å². The number of fused-ring (bicyclic) bond motifs is 1. The number of hydrogen-bond acceptors (Lipinski definition) is 3. The molecule has 3 rings (SSSR count). The topological polar surface area (TPSA) is 70.4 Å². The fourth-order valence-corrected chi connectivity index (χ4v) is 1.71. The van der Waals surface area contributed by atoms with Crippen LogP contribution in [-0.2, 0) is 0 Å². The molecule has 17 heavy (non-hydrogen) atoms. The van der Waals surface area contributed by atoms with Gasteiger partial charge in [0.25, 0.3) is 5.56 Å². The van der Waals surface area contributed by atoms with Crippen LogP contribution in [0.2, 0.25) is 0 Å². The number of nitrogens with one attached hydrogen (secondary N) is 1. The van der Waals surface area contributed by atoms with Crippen molar-refractivity contribution in [3.8, 4) is 17.1 Å². The number of hydrogen-bond donors (Lipinski definition) is 2. The SMILES string of the molecule is O=c1cccc2nc(-c3cccc(O)c3)[nH]n12. The molecule has 2 N–H and O–H groups in total. The number of phenolic OH excluding ortho intramolecular Hbond substituents is 1. The Bertz CT molecular complexity index is 743. The highest BCUT2D eigenvalue weighted by atomic mass is 16.3. The number of phenols is 1. The maximum absolute atomic E-state index is 11.5. The van der Waals surface area contributed by atoms with Crippen molar-refractivity contribution in [1.82, 2.24) is 14.6 Å². The Balaban J connectivity index is 2.25. The highest BCUT2D eigenvalue weighted by Crippen LogP contribution is 2.20. The van der Waals surface area contributed by atoms with E-state index in [0.29, 0.717) is 11.5 Å². The van der Waals surface area contributed by atoms with Crippen LogP contribution in [-0.4, -0.2) is 19.7 Å². The molecule has 0 aliphatic rings. The van der Waals surface area contributed by atoms with Crippen molar-refractivity contribution in [2.75, 3.05) is 0 Å². The zero-order valence-electron chi connectivity index (χ0n) is 8.79. The number of benzene rings is 1. The zero-order valence-corrected chi connectivity index (χ0v) is 8.79. The summed E-state index contributed by atoms with van der Waals surface area (Å²) in [5, 5.41) is 12.3. The fourth-order valence-electron chi connectivity index (χ4n) is 1.71. The van der Waals surface area contributed by atoms with Gasteiger partial charge in [-0.15, -0.1) is 0 Å². The van der Waals surface area contributed by atoms with Crippen LogP contribution >= 0.6 is 0 Å². The molecule has 0 atom stereocenters. The molecule has 0 aliphatic carbocycles. The van der Waals surface area contributed by atoms with E-state index >= 15 is 0 Å². The van der Waals surface area contributed by atoms with Crippen LogP contribution in [0.3, 0.4) is 0 Å². The highest BCUT2D eigenvalue weighted by Gasteiger charge is 2.05. The zero-order chi connectivity index (χ0) is 11.8. The third kappa shape index (κ3) is 1.57. The molecule has 0 spiro atoms. The second kappa shape index (κ2) is 3.48. The van der Waals surface area contributed by atoms with Gasteiger partial charge >= 0.3 is 0 Å². The van der Waals surface area contributed by atoms with E-state index in [9.17, 15) is 9.90 Å². The van der Waals surface area contributed by atoms with E-state index in [0.717, 1.165) is 5.56 Å². The lowest BCUT2D eigenvalue weighted by Gasteiger charge is -1.96. The molecule has 0 radical (unpaired) electrons. The maximum atomic E-state index is 11.5. The Kier molecular flexibility index (Phi) is 1.98. The summed E-state index contributed by atoms with van der Waals surface area (Å²) >= 11 is 0. The van der Waals surface area contributed by atoms with E-state index in [1.54, 1.807) is 30.3 Å². The number of aromatic amines is 1. The highest BCUT2D eigenvalue weighted by molar-refractivity contribution is 5.59. The van der Waals surface area contributed by atoms with Crippen LogP contribution < -0.4 is 5.56 Å². The molecule has 5 heteroatoms. The molecule has 0 unspecified atom stereocenters. The Morgan fingerprint density at radius 3 is 2.76 bits per heavy atom. The maximum Gasteiger partial charge on any atom is 0.271 e. The molecular weight excluding hydrogens is 218 g/mol. The van der Waals surface area contributed by atoms with Crippen molar-refractivity contribution in [3.05, 3.63) is 52.8 Å². The Morgan fingerprint density at radius 1 is 1.18 bits per heavy atom. The average Bonchev–Trinajstić information content (AvgIpc) is 2.74. The first-order chi connectivity index (χ1) is 8.24. The van der Waals surface area contributed by atoms with Crippen LogP contribution in [0, 0.1) is 0 Å². The predicted octanol–water partition coefficient (Wildman–Crippen LogP) is 1.40. The lowest BCUT2D eigenvalue weighted by molar-refractivity contribution is 0.475. The molecule has 0 bridgehead atoms. The van der Waals surface area contributed by atoms with Crippen LogP contribution in [0.5, 0.6) is 5.75 Å². The molecule has 0 saturated carbocycles. The lowest BCUT2D eigenvalue weighted by atomic mass is 10.2. The minimum atomic E-state index is -0.165. The van der Waals surface area contributed by atoms with Crippen molar-refractivity contribution in [1.29, 1.82) is 0 Å². The van der Waals surface area contributed by atoms with Gasteiger partial charge in [0.05, 0.1) is 0 Å². The van der Waals surface area contributed by atoms with Crippen molar-refractivity contribution < 1.29 is 5.11 Å². The number of pyridine rings is 1. The monoisotopic (exact) mass is 227 g/mol. The van der Waals surface area contributed by atoms with Crippen LogP contribution in [0.1, 0.15) is 0 Å². The van der Waals surface area contributed by atoms with E-state index in [4.69, 9.17) is 0 Å². The molecule has 0 amide bonds. The van der Waals surface area contributed by atoms with Gasteiger partial charge in [0.15, 0.2) is 11.5 Å². The van der Waals surface area contributed by atoms with Gasteiger partial charge in [-0.2, -0.15) is 4.52 Å². The second-order valence-electron chi connectivity index (χ2n) is 3.68. The molecule has 0 fully saturated rings. The first-order valence-corrected chi connectivity index (χ1v) is 5.11. The smallest absolute Gasteiger partial charge is 0.271 e. The van der Waals surface area contributed by atoms with Crippen molar-refractivity contribution in [2.45, 2.75) is 0 Å². The summed E-state index contributed by atoms with van der Waals surface area (Å²) in [7, 11) is 0. The van der Waals surface area contributed by atoms with Gasteiger partial charge in [-0.1, -0.05) is 18.2 Å². The number of rotatable bonds is 1. The summed E-state index contributed by atoms with van der Waals surface area (Å²) in [4.78, 5) is 15.8. The summed E-state index contributed by atoms with van der Waals surface area (Å²) in [6.07, 6.45) is 0. The predicted molar refractivity (Wildman–Crippen MR) is 62.9 cm³/mol. The van der Waals surface area contributed by atoms with Gasteiger partial charge in [0, 0.05) is 11.6 Å². The standard InChI is InChI=1S/C12H9N3O2/c16-9-4-1-3-8(7-9)12-13-10-5-2-6-11(17)15(10)14-12/h1-7,16H,(H,13,14). The first-order valence-electron chi connectivity index (χ1n) is 5.11. The van der Waals surface area contributed by atoms with Gasteiger partial charge in [-0.3, -0.25) is 9.89 Å². The van der Waals surface area contributed by atoms with Crippen molar-refractivity contribution >= 4 is 5.65 Å². The third-order valence-corrected chi connectivity index (χ3v) is 2.50. The Hall–Kier alpha value is -2.56. The number of H-pyrrole nitrogens is 1. The molecule has 3 aromatic rings. The minimum Gasteiger partial charge on any atom is -0.508 e. The summed E-state index contributed by atoms with van der Waals surface area (Å²) in [5.74, 6) is 0.708. The first kappa shape index (κ1) is 9.65. The Labute approximate surface area is 96.0 Å². The van der Waals surface area contributed by atoms with Crippen molar-refractivity contribution in [2.24, 2.45) is 0 Å². The van der Waals surface area contributed by atoms with Gasteiger partial charge in [0.2, 0.25) is 0 Å². The number of aromatic hydroxyl groups is 1. The van der Waals surface area contributed by atoms with E-state index in [-0.39, 0.29) is 11.3 Å². The summed E-state index contributed by atoms with van der Waals surface area (Å²) in [5.41, 5.74) is 1.12. The molecule has 1 aromatic carbocycles. The molecule has 0 saturated heterocycles. The molecule has 2 heterocycles. The summed E-state index contributed by atoms with van der Waals surface area (Å²) < 4.78 is 1.36. The van der Waals surface area contributed by atoms with Gasteiger partial charge in [0.1, 0.15) is 5.75 Å². The van der Waals surface area contributed by atoms with Gasteiger partial charge in [-0.05, 0) is 18.2 Å². The normalized spacial score (nSPS) is 10.8. The van der Waals surface area contributed by atoms with Crippen LogP contribution in [0.4, 0.5) is 0 Å². The fraction of sp³-hybridized carbons (Fsp3) is 0. The van der Waals surface area contributed by atoms with E-state index < -0.39 is 0 Å². The molecule has 5 nitrogen and oxygen atoms in total.